The number of methoxy groups -OCH3 is 1. The van der Waals surface area contributed by atoms with Gasteiger partial charge in [-0.15, -0.1) is 10.2 Å². The van der Waals surface area contributed by atoms with Crippen molar-refractivity contribution in [2.45, 2.75) is 48.1 Å². The first-order valence-electron chi connectivity index (χ1n) is 9.91. The predicted octanol–water partition coefficient (Wildman–Crippen LogP) is 2.86. The molecule has 0 radical (unpaired) electrons. The van der Waals surface area contributed by atoms with Gasteiger partial charge in [-0.3, -0.25) is 4.79 Å². The quantitative estimate of drug-likeness (QED) is 0.608. The third kappa shape index (κ3) is 4.79. The lowest BCUT2D eigenvalue weighted by Gasteiger charge is -2.26. The molecule has 1 aliphatic heterocycles. The zero-order chi connectivity index (χ0) is 21.1. The van der Waals surface area contributed by atoms with E-state index in [1.165, 1.54) is 23.5 Å². The topological polar surface area (TPSA) is 115 Å². The van der Waals surface area contributed by atoms with Crippen LogP contribution in [0, 0.1) is 0 Å². The van der Waals surface area contributed by atoms with Gasteiger partial charge < -0.3 is 14.5 Å². The Kier molecular flexibility index (Phi) is 6.30. The molecular formula is C19H24N4O5S2. The highest BCUT2D eigenvalue weighted by Gasteiger charge is 2.30. The number of aromatic nitrogens is 2. The molecule has 30 heavy (non-hydrogen) atoms. The third-order valence-electron chi connectivity index (χ3n) is 5.07. The first-order chi connectivity index (χ1) is 14.5. The van der Waals surface area contributed by atoms with Crippen molar-refractivity contribution in [1.29, 1.82) is 0 Å². The van der Waals surface area contributed by atoms with Crippen molar-refractivity contribution in [2.24, 2.45) is 0 Å². The highest BCUT2D eigenvalue weighted by atomic mass is 32.2. The first kappa shape index (κ1) is 21.1. The summed E-state index contributed by atoms with van der Waals surface area (Å²) < 4.78 is 38.2. The number of ether oxygens (including phenoxy) is 1. The van der Waals surface area contributed by atoms with Crippen molar-refractivity contribution >= 4 is 33.4 Å². The Bertz CT molecular complexity index is 1010. The molecule has 11 heteroatoms. The fourth-order valence-corrected chi connectivity index (χ4v) is 5.40. The number of carbonyl (C=O) groups is 1. The fraction of sp³-hybridized carbons (Fsp3) is 0.526. The molecule has 0 bridgehead atoms. The molecule has 1 aromatic carbocycles. The van der Waals surface area contributed by atoms with Gasteiger partial charge in [-0.1, -0.05) is 18.2 Å². The monoisotopic (exact) mass is 452 g/mol. The molecular weight excluding hydrogens is 428 g/mol. The van der Waals surface area contributed by atoms with Gasteiger partial charge in [-0.25, -0.2) is 8.42 Å². The van der Waals surface area contributed by atoms with Crippen LogP contribution in [0.1, 0.15) is 43.9 Å². The van der Waals surface area contributed by atoms with Crippen molar-refractivity contribution in [2.75, 3.05) is 31.3 Å². The molecule has 0 unspecified atom stereocenters. The van der Waals surface area contributed by atoms with Crippen molar-refractivity contribution < 1.29 is 22.4 Å². The van der Waals surface area contributed by atoms with E-state index < -0.39 is 10.0 Å². The Morgan fingerprint density at radius 2 is 2.03 bits per heavy atom. The summed E-state index contributed by atoms with van der Waals surface area (Å²) in [5, 5.41) is 11.0. The Labute approximate surface area is 179 Å². The van der Waals surface area contributed by atoms with Crippen molar-refractivity contribution in [3.05, 3.63) is 24.1 Å². The van der Waals surface area contributed by atoms with Crippen LogP contribution >= 0.6 is 11.8 Å². The molecule has 1 aliphatic carbocycles. The van der Waals surface area contributed by atoms with Crippen LogP contribution in [0.3, 0.4) is 0 Å². The molecule has 0 atom stereocenters. The summed E-state index contributed by atoms with van der Waals surface area (Å²) in [4.78, 5) is 12.6. The SMILES string of the molecule is COc1ccc(S(=O)(=O)N2CCCCC2)cc1NC(=O)CSc1nnc(C2CC2)o1. The van der Waals surface area contributed by atoms with Crippen LogP contribution in [0.2, 0.25) is 0 Å². The minimum absolute atomic E-state index is 0.0541. The predicted molar refractivity (Wildman–Crippen MR) is 111 cm³/mol. The number of thioether (sulfide) groups is 1. The minimum atomic E-state index is -3.61. The lowest BCUT2D eigenvalue weighted by Crippen LogP contribution is -2.35. The summed E-state index contributed by atoms with van der Waals surface area (Å²) in [5.41, 5.74) is 0.311. The van der Waals surface area contributed by atoms with Gasteiger partial charge >= 0.3 is 0 Å². The van der Waals surface area contributed by atoms with Gasteiger partial charge in [-0.05, 0) is 43.9 Å². The van der Waals surface area contributed by atoms with E-state index in [-0.39, 0.29) is 16.6 Å². The standard InChI is InChI=1S/C19H24N4O5S2/c1-27-16-8-7-14(30(25,26)23-9-3-2-4-10-23)11-15(16)20-17(24)12-29-19-22-21-18(28-19)13-5-6-13/h7-8,11,13H,2-6,9-10,12H2,1H3,(H,20,24). The molecule has 9 nitrogen and oxygen atoms in total. The normalized spacial score (nSPS) is 17.6. The molecule has 1 amide bonds. The van der Waals surface area contributed by atoms with Gasteiger partial charge in [0, 0.05) is 19.0 Å². The lowest BCUT2D eigenvalue weighted by molar-refractivity contribution is -0.113. The fourth-order valence-electron chi connectivity index (χ4n) is 3.29. The first-order valence-corrected chi connectivity index (χ1v) is 12.3. The number of nitrogens with zero attached hydrogens (tertiary/aromatic N) is 3. The number of hydrogen-bond acceptors (Lipinski definition) is 8. The van der Waals surface area contributed by atoms with E-state index in [0.29, 0.717) is 41.6 Å². The number of sulfonamides is 1. The molecule has 0 spiro atoms. The number of nitrogens with one attached hydrogen (secondary N) is 1. The average molecular weight is 453 g/mol. The van der Waals surface area contributed by atoms with Gasteiger partial charge in [0.15, 0.2) is 0 Å². The van der Waals surface area contributed by atoms with Gasteiger partial charge in [0.2, 0.25) is 21.8 Å². The molecule has 2 aliphatic rings. The second kappa shape index (κ2) is 8.94. The van der Waals surface area contributed by atoms with Crippen LogP contribution < -0.4 is 10.1 Å². The number of carbonyl (C=O) groups excluding carboxylic acids is 1. The molecule has 1 N–H and O–H groups in total. The molecule has 1 saturated carbocycles. The van der Waals surface area contributed by atoms with E-state index in [1.54, 1.807) is 6.07 Å². The van der Waals surface area contributed by atoms with Crippen molar-refractivity contribution in [3.8, 4) is 5.75 Å². The molecule has 162 valence electrons. The number of rotatable bonds is 8. The van der Waals surface area contributed by atoms with Crippen molar-refractivity contribution in [1.82, 2.24) is 14.5 Å². The number of amides is 1. The Morgan fingerprint density at radius 1 is 1.27 bits per heavy atom. The van der Waals surface area contributed by atoms with Crippen LogP contribution in [0.4, 0.5) is 5.69 Å². The van der Waals surface area contributed by atoms with E-state index in [9.17, 15) is 13.2 Å². The zero-order valence-corrected chi connectivity index (χ0v) is 18.3. The Balaban J connectivity index is 1.43. The summed E-state index contributed by atoms with van der Waals surface area (Å²) in [6.07, 6.45) is 4.87. The van der Waals surface area contributed by atoms with E-state index in [1.807, 2.05) is 0 Å². The average Bonchev–Trinajstić information content (AvgIpc) is 3.50. The van der Waals surface area contributed by atoms with Crippen LogP contribution in [-0.4, -0.2) is 54.8 Å². The number of piperidine rings is 1. The Morgan fingerprint density at radius 3 is 2.73 bits per heavy atom. The summed E-state index contributed by atoms with van der Waals surface area (Å²) >= 11 is 1.14. The maximum Gasteiger partial charge on any atom is 0.277 e. The van der Waals surface area contributed by atoms with Gasteiger partial charge in [-0.2, -0.15) is 4.31 Å². The van der Waals surface area contributed by atoms with E-state index in [4.69, 9.17) is 9.15 Å². The molecule has 2 aromatic rings. The molecule has 4 rings (SSSR count). The summed E-state index contributed by atoms with van der Waals surface area (Å²) in [6, 6.07) is 4.51. The smallest absolute Gasteiger partial charge is 0.277 e. The maximum atomic E-state index is 12.9. The number of anilines is 1. The molecule has 2 fully saturated rings. The lowest BCUT2D eigenvalue weighted by atomic mass is 10.2. The Hall–Kier alpha value is -2.11. The van der Waals surface area contributed by atoms with Gasteiger partial charge in [0.1, 0.15) is 5.75 Å². The van der Waals surface area contributed by atoms with Crippen LogP contribution in [0.5, 0.6) is 5.75 Å². The highest BCUT2D eigenvalue weighted by molar-refractivity contribution is 7.99. The van der Waals surface area contributed by atoms with E-state index in [0.717, 1.165) is 43.9 Å². The number of benzene rings is 1. The highest BCUT2D eigenvalue weighted by Crippen LogP contribution is 2.39. The summed E-state index contributed by atoms with van der Waals surface area (Å²) in [5.74, 6) is 1.10. The molecule has 1 saturated heterocycles. The zero-order valence-electron chi connectivity index (χ0n) is 16.7. The van der Waals surface area contributed by atoms with Crippen molar-refractivity contribution in [3.63, 3.8) is 0 Å². The summed E-state index contributed by atoms with van der Waals surface area (Å²) in [7, 11) is -2.14. The molecule has 1 aromatic heterocycles. The summed E-state index contributed by atoms with van der Waals surface area (Å²) in [6.45, 7) is 1.03. The van der Waals surface area contributed by atoms with E-state index in [2.05, 4.69) is 15.5 Å². The third-order valence-corrected chi connectivity index (χ3v) is 7.79. The van der Waals surface area contributed by atoms with Crippen LogP contribution in [0.15, 0.2) is 32.7 Å². The van der Waals surface area contributed by atoms with E-state index >= 15 is 0 Å². The van der Waals surface area contributed by atoms with Gasteiger partial charge in [0.05, 0.1) is 23.4 Å². The largest absolute Gasteiger partial charge is 0.495 e. The van der Waals surface area contributed by atoms with Crippen LogP contribution in [-0.2, 0) is 14.8 Å². The molecule has 2 heterocycles. The minimum Gasteiger partial charge on any atom is -0.495 e. The number of hydrogen-bond donors (Lipinski definition) is 1. The second-order valence-electron chi connectivity index (χ2n) is 7.34. The second-order valence-corrected chi connectivity index (χ2v) is 10.2. The maximum absolute atomic E-state index is 12.9. The van der Waals surface area contributed by atoms with Crippen LogP contribution in [0.25, 0.3) is 0 Å². The van der Waals surface area contributed by atoms with Gasteiger partial charge in [0.25, 0.3) is 5.22 Å².